The van der Waals surface area contributed by atoms with E-state index in [1.165, 1.54) is 0 Å². The molecule has 1 aliphatic heterocycles. The average molecular weight is 288 g/mol. The molecular weight excluding hydrogens is 270 g/mol. The number of likely N-dealkylation sites (tertiary alicyclic amines) is 1. The quantitative estimate of drug-likeness (QED) is 0.850. The Bertz CT molecular complexity index is 321. The zero-order valence-electron chi connectivity index (χ0n) is 9.60. The SMILES string of the molecule is CCOC1CCN(Cn2cc(Br)cn2)CC1. The minimum Gasteiger partial charge on any atom is -0.378 e. The number of hydrogen-bond donors (Lipinski definition) is 0. The number of rotatable bonds is 4. The third-order valence-electron chi connectivity index (χ3n) is 2.88. The Hall–Kier alpha value is -0.390. The highest BCUT2D eigenvalue weighted by Gasteiger charge is 2.19. The van der Waals surface area contributed by atoms with Crippen LogP contribution in [-0.2, 0) is 11.4 Å². The molecule has 0 aromatic carbocycles. The van der Waals surface area contributed by atoms with Gasteiger partial charge < -0.3 is 4.74 Å². The first-order valence-electron chi connectivity index (χ1n) is 5.80. The monoisotopic (exact) mass is 287 g/mol. The van der Waals surface area contributed by atoms with E-state index in [2.05, 4.69) is 32.9 Å². The van der Waals surface area contributed by atoms with Gasteiger partial charge in [-0.1, -0.05) is 0 Å². The fraction of sp³-hybridized carbons (Fsp3) is 0.727. The molecule has 2 heterocycles. The van der Waals surface area contributed by atoms with Gasteiger partial charge in [0.05, 0.1) is 23.4 Å². The van der Waals surface area contributed by atoms with E-state index >= 15 is 0 Å². The van der Waals surface area contributed by atoms with Crippen LogP contribution in [0.15, 0.2) is 16.9 Å². The molecule has 16 heavy (non-hydrogen) atoms. The van der Waals surface area contributed by atoms with E-state index in [-0.39, 0.29) is 0 Å². The Kier molecular flexibility index (Phi) is 4.37. The van der Waals surface area contributed by atoms with E-state index < -0.39 is 0 Å². The van der Waals surface area contributed by atoms with Crippen molar-refractivity contribution in [2.75, 3.05) is 19.7 Å². The zero-order chi connectivity index (χ0) is 11.4. The predicted molar refractivity (Wildman–Crippen MR) is 66.1 cm³/mol. The molecule has 0 radical (unpaired) electrons. The highest BCUT2D eigenvalue weighted by molar-refractivity contribution is 9.10. The van der Waals surface area contributed by atoms with Gasteiger partial charge in [0, 0.05) is 25.9 Å². The summed E-state index contributed by atoms with van der Waals surface area (Å²) in [6.45, 7) is 5.97. The normalized spacial score (nSPS) is 19.1. The molecule has 0 atom stereocenters. The van der Waals surface area contributed by atoms with Crippen LogP contribution in [0.25, 0.3) is 0 Å². The second kappa shape index (κ2) is 5.80. The predicted octanol–water partition coefficient (Wildman–Crippen LogP) is 2.10. The van der Waals surface area contributed by atoms with Crippen LogP contribution >= 0.6 is 15.9 Å². The standard InChI is InChI=1S/C11H18BrN3O/c1-2-16-11-3-5-14(6-4-11)9-15-8-10(12)7-13-15/h7-8,11H,2-6,9H2,1H3. The fourth-order valence-electron chi connectivity index (χ4n) is 2.07. The first-order chi connectivity index (χ1) is 7.78. The molecule has 0 spiro atoms. The molecule has 0 N–H and O–H groups in total. The van der Waals surface area contributed by atoms with E-state index in [0.29, 0.717) is 6.10 Å². The van der Waals surface area contributed by atoms with Gasteiger partial charge in [-0.05, 0) is 35.7 Å². The molecule has 1 aliphatic rings. The number of hydrogen-bond acceptors (Lipinski definition) is 3. The summed E-state index contributed by atoms with van der Waals surface area (Å²) in [5.41, 5.74) is 0. The number of aromatic nitrogens is 2. The maximum Gasteiger partial charge on any atom is 0.0929 e. The average Bonchev–Trinajstić information content (AvgIpc) is 2.67. The molecule has 1 fully saturated rings. The Morgan fingerprint density at radius 1 is 1.50 bits per heavy atom. The van der Waals surface area contributed by atoms with Crippen molar-refractivity contribution in [2.45, 2.75) is 32.5 Å². The van der Waals surface area contributed by atoms with E-state index in [9.17, 15) is 0 Å². The Balaban J connectivity index is 1.77. The maximum absolute atomic E-state index is 5.63. The van der Waals surface area contributed by atoms with E-state index in [0.717, 1.165) is 43.7 Å². The molecule has 1 aromatic rings. The van der Waals surface area contributed by atoms with Crippen molar-refractivity contribution in [1.82, 2.24) is 14.7 Å². The Morgan fingerprint density at radius 3 is 2.81 bits per heavy atom. The summed E-state index contributed by atoms with van der Waals surface area (Å²) in [5, 5.41) is 4.26. The van der Waals surface area contributed by atoms with Crippen LogP contribution in [-0.4, -0.2) is 40.5 Å². The Labute approximate surface area is 105 Å². The topological polar surface area (TPSA) is 30.3 Å². The third kappa shape index (κ3) is 3.30. The van der Waals surface area contributed by atoms with Gasteiger partial charge >= 0.3 is 0 Å². The number of piperidine rings is 1. The van der Waals surface area contributed by atoms with Crippen molar-refractivity contribution in [1.29, 1.82) is 0 Å². The van der Waals surface area contributed by atoms with Crippen LogP contribution < -0.4 is 0 Å². The molecule has 0 bridgehead atoms. The third-order valence-corrected chi connectivity index (χ3v) is 3.29. The molecule has 0 unspecified atom stereocenters. The Morgan fingerprint density at radius 2 is 2.25 bits per heavy atom. The van der Waals surface area contributed by atoms with Crippen molar-refractivity contribution >= 4 is 15.9 Å². The summed E-state index contributed by atoms with van der Waals surface area (Å²) in [5.74, 6) is 0. The highest BCUT2D eigenvalue weighted by Crippen LogP contribution is 2.14. The summed E-state index contributed by atoms with van der Waals surface area (Å²) in [6.07, 6.45) is 6.57. The molecule has 0 amide bonds. The second-order valence-corrected chi connectivity index (χ2v) is 5.03. The van der Waals surface area contributed by atoms with Gasteiger partial charge in [0.15, 0.2) is 0 Å². The van der Waals surface area contributed by atoms with E-state index in [1.807, 2.05) is 17.1 Å². The smallest absolute Gasteiger partial charge is 0.0929 e. The molecule has 90 valence electrons. The van der Waals surface area contributed by atoms with Crippen LogP contribution in [0.4, 0.5) is 0 Å². The molecule has 0 aliphatic carbocycles. The van der Waals surface area contributed by atoms with Gasteiger partial charge in [0.25, 0.3) is 0 Å². The first kappa shape index (κ1) is 12.1. The minimum atomic E-state index is 0.464. The van der Waals surface area contributed by atoms with Gasteiger partial charge in [0.2, 0.25) is 0 Å². The molecular formula is C11H18BrN3O. The molecule has 4 nitrogen and oxygen atoms in total. The summed E-state index contributed by atoms with van der Waals surface area (Å²) in [6, 6.07) is 0. The molecule has 2 rings (SSSR count). The maximum atomic E-state index is 5.63. The van der Waals surface area contributed by atoms with Crippen LogP contribution in [0.5, 0.6) is 0 Å². The second-order valence-electron chi connectivity index (χ2n) is 4.11. The lowest BCUT2D eigenvalue weighted by Gasteiger charge is -2.31. The molecule has 1 saturated heterocycles. The van der Waals surface area contributed by atoms with Crippen molar-refractivity contribution in [3.05, 3.63) is 16.9 Å². The van der Waals surface area contributed by atoms with Crippen molar-refractivity contribution < 1.29 is 4.74 Å². The molecule has 1 aromatic heterocycles. The summed E-state index contributed by atoms with van der Waals surface area (Å²) in [7, 11) is 0. The van der Waals surface area contributed by atoms with Gasteiger partial charge in [-0.15, -0.1) is 0 Å². The zero-order valence-corrected chi connectivity index (χ0v) is 11.2. The van der Waals surface area contributed by atoms with Gasteiger partial charge in [-0.3, -0.25) is 9.58 Å². The van der Waals surface area contributed by atoms with Crippen LogP contribution in [0, 0.1) is 0 Å². The number of halogens is 1. The van der Waals surface area contributed by atoms with Crippen LogP contribution in [0.2, 0.25) is 0 Å². The largest absolute Gasteiger partial charge is 0.378 e. The van der Waals surface area contributed by atoms with E-state index in [1.54, 1.807) is 0 Å². The summed E-state index contributed by atoms with van der Waals surface area (Å²) in [4.78, 5) is 2.41. The lowest BCUT2D eigenvalue weighted by atomic mass is 10.1. The number of nitrogens with zero attached hydrogens (tertiary/aromatic N) is 3. The number of ether oxygens (including phenoxy) is 1. The summed E-state index contributed by atoms with van der Waals surface area (Å²) < 4.78 is 8.63. The van der Waals surface area contributed by atoms with Crippen molar-refractivity contribution in [3.63, 3.8) is 0 Å². The molecule has 5 heteroatoms. The summed E-state index contributed by atoms with van der Waals surface area (Å²) >= 11 is 3.41. The van der Waals surface area contributed by atoms with Crippen molar-refractivity contribution in [2.24, 2.45) is 0 Å². The van der Waals surface area contributed by atoms with Gasteiger partial charge in [0.1, 0.15) is 0 Å². The molecule has 0 saturated carbocycles. The highest BCUT2D eigenvalue weighted by atomic mass is 79.9. The lowest BCUT2D eigenvalue weighted by Crippen LogP contribution is -2.38. The van der Waals surface area contributed by atoms with Gasteiger partial charge in [-0.25, -0.2) is 0 Å². The fourth-order valence-corrected chi connectivity index (χ4v) is 2.40. The van der Waals surface area contributed by atoms with Crippen molar-refractivity contribution in [3.8, 4) is 0 Å². The van der Waals surface area contributed by atoms with Gasteiger partial charge in [-0.2, -0.15) is 5.10 Å². The lowest BCUT2D eigenvalue weighted by molar-refractivity contribution is 0.00632. The minimum absolute atomic E-state index is 0.464. The van der Waals surface area contributed by atoms with Crippen LogP contribution in [0.1, 0.15) is 19.8 Å². The van der Waals surface area contributed by atoms with E-state index in [4.69, 9.17) is 4.74 Å². The van der Waals surface area contributed by atoms with Crippen LogP contribution in [0.3, 0.4) is 0 Å². The first-order valence-corrected chi connectivity index (χ1v) is 6.59.